The van der Waals surface area contributed by atoms with Crippen molar-refractivity contribution in [2.24, 2.45) is 0 Å². The van der Waals surface area contributed by atoms with Crippen LogP contribution in [0.1, 0.15) is 239 Å². The molecule has 458 valence electrons. The molecule has 12 heteroatoms. The predicted molar refractivity (Wildman–Crippen MR) is 330 cm³/mol. The standard InChI is InChI=1S/C69H110O12/c1-4-7-10-13-16-19-22-25-28-30-31-33-35-37-40-43-46-49-52-55-61(70)77-58-60(79-62(71)56-53-50-47-44-41-39-36-32-29-26-23-20-17-14-11-8-5-2)59-78-69-67(65(74)64(73)66(81-69)68(75)76)80-63(72)57-54-51-48-45-42-38-34-27-24-21-18-15-12-9-6-3/h7-8,10-11,16-17,19-20,25-29,31,33-34,37,40,46,49,60,64-67,69,73-74H,4-6,9,12-15,18,21-24,30,32,35-36,38-39,41-45,47-48,50-59H2,1-3H3,(H,75,76)/b10-7-,11-8-,19-16-,20-17-,28-25-,29-26-,33-31-,34-27-,40-37-,49-46-. The average molecular weight is 1130 g/mol. The zero-order valence-corrected chi connectivity index (χ0v) is 50.5. The van der Waals surface area contributed by atoms with E-state index < -0.39 is 67.3 Å². The number of hydrogen-bond donors (Lipinski definition) is 3. The summed E-state index contributed by atoms with van der Waals surface area (Å²) < 4.78 is 28.4. The molecule has 1 saturated heterocycles. The van der Waals surface area contributed by atoms with E-state index in [0.29, 0.717) is 19.3 Å². The van der Waals surface area contributed by atoms with Gasteiger partial charge in [-0.3, -0.25) is 14.4 Å². The minimum atomic E-state index is -1.92. The fourth-order valence-corrected chi connectivity index (χ4v) is 8.76. The smallest absolute Gasteiger partial charge is 0.335 e. The molecule has 3 N–H and O–H groups in total. The molecule has 0 aromatic carbocycles. The number of hydrogen-bond acceptors (Lipinski definition) is 11. The first-order valence-electron chi connectivity index (χ1n) is 31.5. The van der Waals surface area contributed by atoms with E-state index in [2.05, 4.69) is 130 Å². The number of carbonyl (C=O) groups is 4. The molecule has 0 spiro atoms. The van der Waals surface area contributed by atoms with Gasteiger partial charge in [0.25, 0.3) is 0 Å². The van der Waals surface area contributed by atoms with Crippen molar-refractivity contribution in [3.8, 4) is 0 Å². The first-order valence-corrected chi connectivity index (χ1v) is 31.5. The van der Waals surface area contributed by atoms with Crippen LogP contribution in [0.5, 0.6) is 0 Å². The number of esters is 3. The molecule has 6 atom stereocenters. The van der Waals surface area contributed by atoms with E-state index in [1.165, 1.54) is 38.5 Å². The second-order valence-electron chi connectivity index (χ2n) is 20.9. The number of rotatable bonds is 52. The van der Waals surface area contributed by atoms with E-state index >= 15 is 0 Å². The van der Waals surface area contributed by atoms with Gasteiger partial charge in [0.1, 0.15) is 18.8 Å². The molecule has 1 aliphatic heterocycles. The van der Waals surface area contributed by atoms with Crippen molar-refractivity contribution in [1.29, 1.82) is 0 Å². The topological polar surface area (TPSA) is 175 Å². The number of aliphatic hydroxyl groups is 2. The van der Waals surface area contributed by atoms with Gasteiger partial charge in [-0.1, -0.05) is 226 Å². The van der Waals surface area contributed by atoms with E-state index in [4.69, 9.17) is 23.7 Å². The fraction of sp³-hybridized carbons (Fsp3) is 0.652. The van der Waals surface area contributed by atoms with Gasteiger partial charge in [0, 0.05) is 19.3 Å². The SMILES string of the molecule is CC/C=C\C/C=C\C/C=C\C/C=C\C/C=C\C/C=C\CCC(=O)OCC(COC1OC(C(=O)O)C(O)C(O)C1OC(=O)CCCCCCC/C=C\CCCCCCCC)OC(=O)CCCCCCCCC/C=C\C/C=C\C/C=C\CC. The number of allylic oxidation sites excluding steroid dienone is 20. The molecule has 0 aromatic heterocycles. The highest BCUT2D eigenvalue weighted by atomic mass is 16.7. The Morgan fingerprint density at radius 3 is 1.25 bits per heavy atom. The van der Waals surface area contributed by atoms with Crippen LogP contribution in [0.3, 0.4) is 0 Å². The lowest BCUT2D eigenvalue weighted by Crippen LogP contribution is -2.61. The van der Waals surface area contributed by atoms with Gasteiger partial charge in [-0.2, -0.15) is 0 Å². The summed E-state index contributed by atoms with van der Waals surface area (Å²) in [4.78, 5) is 51.2. The second kappa shape index (κ2) is 55.6. The molecule has 81 heavy (non-hydrogen) atoms. The molecule has 1 aliphatic rings. The van der Waals surface area contributed by atoms with E-state index in [-0.39, 0.29) is 25.9 Å². The van der Waals surface area contributed by atoms with Crippen LogP contribution < -0.4 is 0 Å². The van der Waals surface area contributed by atoms with Gasteiger partial charge in [0.15, 0.2) is 24.6 Å². The van der Waals surface area contributed by atoms with Crippen LogP contribution >= 0.6 is 0 Å². The number of carboxylic acid groups (broad SMARTS) is 1. The van der Waals surface area contributed by atoms with Crippen molar-refractivity contribution in [1.82, 2.24) is 0 Å². The summed E-state index contributed by atoms with van der Waals surface area (Å²) >= 11 is 0. The van der Waals surface area contributed by atoms with E-state index in [0.717, 1.165) is 141 Å². The Morgan fingerprint density at radius 2 is 0.802 bits per heavy atom. The van der Waals surface area contributed by atoms with E-state index in [9.17, 15) is 34.5 Å². The summed E-state index contributed by atoms with van der Waals surface area (Å²) in [6.45, 7) is 5.69. The molecule has 0 amide bonds. The first kappa shape index (κ1) is 74.1. The predicted octanol–water partition coefficient (Wildman–Crippen LogP) is 16.8. The van der Waals surface area contributed by atoms with Crippen LogP contribution in [0.2, 0.25) is 0 Å². The number of unbranched alkanes of at least 4 members (excludes halogenated alkanes) is 18. The van der Waals surface area contributed by atoms with Crippen LogP contribution in [0.25, 0.3) is 0 Å². The molecule has 1 heterocycles. The van der Waals surface area contributed by atoms with E-state index in [1.54, 1.807) is 0 Å². The first-order chi connectivity index (χ1) is 39.6. The number of ether oxygens (including phenoxy) is 5. The zero-order chi connectivity index (χ0) is 58.9. The van der Waals surface area contributed by atoms with Crippen molar-refractivity contribution in [2.75, 3.05) is 13.2 Å². The van der Waals surface area contributed by atoms with Gasteiger partial charge in [0.05, 0.1) is 6.61 Å². The van der Waals surface area contributed by atoms with Crippen LogP contribution in [0.15, 0.2) is 122 Å². The molecule has 12 nitrogen and oxygen atoms in total. The maximum absolute atomic E-state index is 13.2. The Morgan fingerprint density at radius 1 is 0.420 bits per heavy atom. The Kier molecular flexibility index (Phi) is 50.9. The third-order valence-corrected chi connectivity index (χ3v) is 13.5. The highest BCUT2D eigenvalue weighted by molar-refractivity contribution is 5.74. The fourth-order valence-electron chi connectivity index (χ4n) is 8.76. The normalized spacial score (nSPS) is 18.6. The summed E-state index contributed by atoms with van der Waals surface area (Å²) in [5, 5.41) is 31.6. The molecule has 0 aliphatic carbocycles. The molecule has 0 saturated carbocycles. The van der Waals surface area contributed by atoms with Crippen LogP contribution in [-0.4, -0.2) is 89.2 Å². The summed E-state index contributed by atoms with van der Waals surface area (Å²) in [6, 6.07) is 0. The third-order valence-electron chi connectivity index (χ3n) is 13.5. The van der Waals surface area contributed by atoms with Gasteiger partial charge in [0.2, 0.25) is 0 Å². The molecule has 0 aromatic rings. The van der Waals surface area contributed by atoms with Crippen LogP contribution in [-0.2, 0) is 42.9 Å². The van der Waals surface area contributed by atoms with Gasteiger partial charge in [-0.05, 0) is 116 Å². The average Bonchev–Trinajstić information content (AvgIpc) is 3.53. The largest absolute Gasteiger partial charge is 0.479 e. The van der Waals surface area contributed by atoms with Crippen molar-refractivity contribution in [3.63, 3.8) is 0 Å². The lowest BCUT2D eigenvalue weighted by Gasteiger charge is -2.40. The number of aliphatic carboxylic acids is 1. The second-order valence-corrected chi connectivity index (χ2v) is 20.9. The van der Waals surface area contributed by atoms with Crippen molar-refractivity contribution >= 4 is 23.9 Å². The molecule has 0 bridgehead atoms. The monoisotopic (exact) mass is 1130 g/mol. The Balaban J connectivity index is 2.74. The highest BCUT2D eigenvalue weighted by Crippen LogP contribution is 2.26. The van der Waals surface area contributed by atoms with Crippen LogP contribution in [0, 0.1) is 0 Å². The number of aliphatic hydroxyl groups excluding tert-OH is 2. The molecule has 6 unspecified atom stereocenters. The molecule has 1 rings (SSSR count). The minimum Gasteiger partial charge on any atom is -0.479 e. The number of carbonyl (C=O) groups excluding carboxylic acids is 3. The van der Waals surface area contributed by atoms with Gasteiger partial charge < -0.3 is 39.0 Å². The number of carboxylic acids is 1. The molecular weight excluding hydrogens is 1020 g/mol. The highest BCUT2D eigenvalue weighted by Gasteiger charge is 2.50. The van der Waals surface area contributed by atoms with Crippen molar-refractivity contribution in [3.05, 3.63) is 122 Å². The lowest BCUT2D eigenvalue weighted by atomic mass is 9.98. The van der Waals surface area contributed by atoms with Gasteiger partial charge in [-0.25, -0.2) is 4.79 Å². The quantitative estimate of drug-likeness (QED) is 0.0228. The molecule has 0 radical (unpaired) electrons. The van der Waals surface area contributed by atoms with Gasteiger partial charge in [-0.15, -0.1) is 0 Å². The maximum Gasteiger partial charge on any atom is 0.335 e. The summed E-state index contributed by atoms with van der Waals surface area (Å²) in [5.41, 5.74) is 0. The molecule has 1 fully saturated rings. The van der Waals surface area contributed by atoms with Crippen molar-refractivity contribution in [2.45, 2.75) is 276 Å². The zero-order valence-electron chi connectivity index (χ0n) is 50.5. The Bertz CT molecular complexity index is 1870. The summed E-state index contributed by atoms with van der Waals surface area (Å²) in [6.07, 6.45) is 64.5. The Hall–Kier alpha value is -4.88. The minimum absolute atomic E-state index is 0.0368. The van der Waals surface area contributed by atoms with Gasteiger partial charge >= 0.3 is 23.9 Å². The summed E-state index contributed by atoms with van der Waals surface area (Å²) in [7, 11) is 0. The van der Waals surface area contributed by atoms with Crippen LogP contribution in [0.4, 0.5) is 0 Å². The third kappa shape index (κ3) is 45.3. The lowest BCUT2D eigenvalue weighted by molar-refractivity contribution is -0.301. The maximum atomic E-state index is 13.2. The molecular formula is C69H110O12. The van der Waals surface area contributed by atoms with E-state index in [1.807, 2.05) is 12.2 Å². The van der Waals surface area contributed by atoms with Crippen molar-refractivity contribution < 1.29 is 58.2 Å². The summed E-state index contributed by atoms with van der Waals surface area (Å²) in [5.74, 6) is -3.26. The Labute approximate surface area is 490 Å².